The lowest BCUT2D eigenvalue weighted by Gasteiger charge is -2.35. The van der Waals surface area contributed by atoms with E-state index in [2.05, 4.69) is 5.10 Å². The van der Waals surface area contributed by atoms with Crippen LogP contribution in [0.15, 0.2) is 30.3 Å². The first-order valence-corrected chi connectivity index (χ1v) is 10.4. The van der Waals surface area contributed by atoms with Gasteiger partial charge in [-0.25, -0.2) is 4.68 Å². The van der Waals surface area contributed by atoms with E-state index in [1.165, 1.54) is 0 Å². The molecule has 3 heterocycles. The van der Waals surface area contributed by atoms with Crippen LogP contribution in [0.4, 0.5) is 0 Å². The number of benzene rings is 1. The van der Waals surface area contributed by atoms with E-state index in [0.29, 0.717) is 55.7 Å². The van der Waals surface area contributed by atoms with Crippen LogP contribution in [-0.2, 0) is 16.1 Å². The van der Waals surface area contributed by atoms with E-state index < -0.39 is 0 Å². The van der Waals surface area contributed by atoms with Gasteiger partial charge in [-0.05, 0) is 25.3 Å². The summed E-state index contributed by atoms with van der Waals surface area (Å²) in [6, 6.07) is 9.88. The SMILES string of the molecule is Cc1nn(Cc2ccccc2)c(Cl)c1C(=O)N1CCN(C(=O)C2CCCO2)CC1. The number of ether oxygens (including phenoxy) is 1. The largest absolute Gasteiger partial charge is 0.368 e. The molecule has 154 valence electrons. The predicted molar refractivity (Wildman–Crippen MR) is 109 cm³/mol. The van der Waals surface area contributed by atoms with E-state index in [1.807, 2.05) is 30.3 Å². The Bertz CT molecular complexity index is 885. The van der Waals surface area contributed by atoms with Gasteiger partial charge in [0.15, 0.2) is 0 Å². The highest BCUT2D eigenvalue weighted by Gasteiger charge is 2.33. The lowest BCUT2D eigenvalue weighted by molar-refractivity contribution is -0.142. The number of carbonyl (C=O) groups excluding carboxylic acids is 2. The van der Waals surface area contributed by atoms with Crippen molar-refractivity contribution in [3.63, 3.8) is 0 Å². The van der Waals surface area contributed by atoms with Crippen LogP contribution in [0.5, 0.6) is 0 Å². The number of piperazine rings is 1. The monoisotopic (exact) mass is 416 g/mol. The summed E-state index contributed by atoms with van der Waals surface area (Å²) in [5.74, 6) is -0.0875. The quantitative estimate of drug-likeness (QED) is 0.767. The molecule has 4 rings (SSSR count). The van der Waals surface area contributed by atoms with Crippen LogP contribution >= 0.6 is 11.6 Å². The molecule has 2 amide bonds. The van der Waals surface area contributed by atoms with E-state index in [4.69, 9.17) is 16.3 Å². The van der Waals surface area contributed by atoms with Gasteiger partial charge in [0.05, 0.1) is 17.8 Å². The molecular weight excluding hydrogens is 392 g/mol. The Balaban J connectivity index is 1.42. The molecular formula is C21H25ClN4O3. The second kappa shape index (κ2) is 8.55. The van der Waals surface area contributed by atoms with Crippen LogP contribution in [0.2, 0.25) is 5.15 Å². The minimum absolute atomic E-state index is 0.0412. The Morgan fingerprint density at radius 3 is 2.48 bits per heavy atom. The number of carbonyl (C=O) groups is 2. The maximum Gasteiger partial charge on any atom is 0.259 e. The number of rotatable bonds is 4. The fourth-order valence-electron chi connectivity index (χ4n) is 3.92. The van der Waals surface area contributed by atoms with Crippen LogP contribution in [0.3, 0.4) is 0 Å². The molecule has 1 aromatic carbocycles. The van der Waals surface area contributed by atoms with Crippen molar-refractivity contribution in [3.8, 4) is 0 Å². The highest BCUT2D eigenvalue weighted by atomic mass is 35.5. The number of hydrogen-bond donors (Lipinski definition) is 0. The van der Waals surface area contributed by atoms with Crippen molar-refractivity contribution in [2.75, 3.05) is 32.8 Å². The van der Waals surface area contributed by atoms with E-state index in [-0.39, 0.29) is 17.9 Å². The third kappa shape index (κ3) is 4.16. The lowest BCUT2D eigenvalue weighted by atomic mass is 10.1. The molecule has 1 unspecified atom stereocenters. The predicted octanol–water partition coefficient (Wildman–Crippen LogP) is 2.36. The van der Waals surface area contributed by atoms with Gasteiger partial charge in [0.1, 0.15) is 11.3 Å². The van der Waals surface area contributed by atoms with Gasteiger partial charge in [-0.2, -0.15) is 5.10 Å². The topological polar surface area (TPSA) is 67.7 Å². The summed E-state index contributed by atoms with van der Waals surface area (Å²) < 4.78 is 7.16. The highest BCUT2D eigenvalue weighted by Crippen LogP contribution is 2.24. The van der Waals surface area contributed by atoms with Crippen LogP contribution in [0.25, 0.3) is 0 Å². The molecule has 0 N–H and O–H groups in total. The van der Waals surface area contributed by atoms with Crippen molar-refractivity contribution < 1.29 is 14.3 Å². The normalized spacial score (nSPS) is 19.6. The first-order chi connectivity index (χ1) is 14.0. The van der Waals surface area contributed by atoms with Crippen molar-refractivity contribution in [1.82, 2.24) is 19.6 Å². The van der Waals surface area contributed by atoms with Gasteiger partial charge in [-0.1, -0.05) is 41.9 Å². The van der Waals surface area contributed by atoms with Crippen molar-refractivity contribution in [2.45, 2.75) is 32.4 Å². The third-order valence-corrected chi connectivity index (χ3v) is 5.92. The molecule has 8 heteroatoms. The fraction of sp³-hybridized carbons (Fsp3) is 0.476. The van der Waals surface area contributed by atoms with Crippen molar-refractivity contribution in [1.29, 1.82) is 0 Å². The molecule has 0 saturated carbocycles. The average molecular weight is 417 g/mol. The number of aryl methyl sites for hydroxylation is 1. The number of halogens is 1. The molecule has 7 nitrogen and oxygen atoms in total. The summed E-state index contributed by atoms with van der Waals surface area (Å²) in [4.78, 5) is 29.1. The Kier molecular flexibility index (Phi) is 5.87. The summed E-state index contributed by atoms with van der Waals surface area (Å²) in [6.45, 7) is 4.96. The zero-order valence-electron chi connectivity index (χ0n) is 16.5. The van der Waals surface area contributed by atoms with Gasteiger partial charge in [-0.3, -0.25) is 9.59 Å². The fourth-order valence-corrected chi connectivity index (χ4v) is 4.24. The maximum absolute atomic E-state index is 13.1. The molecule has 2 aromatic rings. The average Bonchev–Trinajstić information content (AvgIpc) is 3.37. The Morgan fingerprint density at radius 2 is 1.83 bits per heavy atom. The first kappa shape index (κ1) is 19.9. The van der Waals surface area contributed by atoms with Gasteiger partial charge in [0, 0.05) is 32.8 Å². The van der Waals surface area contributed by atoms with Crippen LogP contribution in [0, 0.1) is 6.92 Å². The van der Waals surface area contributed by atoms with Gasteiger partial charge < -0.3 is 14.5 Å². The summed E-state index contributed by atoms with van der Waals surface area (Å²) >= 11 is 6.53. The molecule has 0 radical (unpaired) electrons. The lowest BCUT2D eigenvalue weighted by Crippen LogP contribution is -2.52. The van der Waals surface area contributed by atoms with E-state index >= 15 is 0 Å². The molecule has 2 aliphatic rings. The van der Waals surface area contributed by atoms with Crippen molar-refractivity contribution in [3.05, 3.63) is 52.3 Å². The molecule has 1 atom stereocenters. The molecule has 0 aliphatic carbocycles. The zero-order chi connectivity index (χ0) is 20.4. The second-order valence-electron chi connectivity index (χ2n) is 7.51. The number of hydrogen-bond acceptors (Lipinski definition) is 4. The van der Waals surface area contributed by atoms with E-state index in [9.17, 15) is 9.59 Å². The van der Waals surface area contributed by atoms with Crippen LogP contribution in [-0.4, -0.2) is 70.3 Å². The molecule has 1 aromatic heterocycles. The van der Waals surface area contributed by atoms with Crippen LogP contribution in [0.1, 0.15) is 34.5 Å². The highest BCUT2D eigenvalue weighted by molar-refractivity contribution is 6.33. The summed E-state index contributed by atoms with van der Waals surface area (Å²) in [5.41, 5.74) is 2.13. The van der Waals surface area contributed by atoms with Gasteiger partial charge in [0.2, 0.25) is 0 Å². The van der Waals surface area contributed by atoms with Gasteiger partial charge in [-0.15, -0.1) is 0 Å². The smallest absolute Gasteiger partial charge is 0.259 e. The second-order valence-corrected chi connectivity index (χ2v) is 7.87. The van der Waals surface area contributed by atoms with E-state index in [0.717, 1.165) is 18.4 Å². The van der Waals surface area contributed by atoms with Crippen molar-refractivity contribution >= 4 is 23.4 Å². The standard InChI is InChI=1S/C21H25ClN4O3/c1-15-18(19(22)26(23-15)14-16-6-3-2-4-7-16)21(28)25-11-9-24(10-12-25)20(27)17-8-5-13-29-17/h2-4,6-7,17H,5,8-14H2,1H3. The molecule has 2 fully saturated rings. The first-order valence-electron chi connectivity index (χ1n) is 10.0. The molecule has 0 spiro atoms. The summed E-state index contributed by atoms with van der Waals surface area (Å²) in [6.07, 6.45) is 1.40. The van der Waals surface area contributed by atoms with Gasteiger partial charge >= 0.3 is 0 Å². The number of amides is 2. The Morgan fingerprint density at radius 1 is 1.14 bits per heavy atom. The van der Waals surface area contributed by atoms with E-state index in [1.54, 1.807) is 21.4 Å². The maximum atomic E-state index is 13.1. The van der Waals surface area contributed by atoms with Gasteiger partial charge in [0.25, 0.3) is 11.8 Å². The number of nitrogens with zero attached hydrogens (tertiary/aromatic N) is 4. The molecule has 29 heavy (non-hydrogen) atoms. The molecule has 2 saturated heterocycles. The third-order valence-electron chi connectivity index (χ3n) is 5.54. The minimum atomic E-state index is -0.315. The summed E-state index contributed by atoms with van der Waals surface area (Å²) in [7, 11) is 0. The Labute approximate surface area is 175 Å². The Hall–Kier alpha value is -2.38. The van der Waals surface area contributed by atoms with Crippen molar-refractivity contribution in [2.24, 2.45) is 0 Å². The van der Waals surface area contributed by atoms with Crippen LogP contribution < -0.4 is 0 Å². The molecule has 0 bridgehead atoms. The minimum Gasteiger partial charge on any atom is -0.368 e. The summed E-state index contributed by atoms with van der Waals surface area (Å²) in [5, 5.41) is 4.83. The molecule has 2 aliphatic heterocycles. The zero-order valence-corrected chi connectivity index (χ0v) is 17.3. The number of aromatic nitrogens is 2.